The van der Waals surface area contributed by atoms with Crippen LogP contribution in [0.15, 0.2) is 11.0 Å². The molecule has 9 nitrogen and oxygen atoms in total. The number of aliphatic hydroxyl groups excluding tert-OH is 1. The number of nitrogens with two attached hydrogens (primary N) is 1. The molecule has 3 atom stereocenters. The first-order valence-corrected chi connectivity index (χ1v) is 7.34. The van der Waals surface area contributed by atoms with E-state index in [0.29, 0.717) is 5.69 Å². The summed E-state index contributed by atoms with van der Waals surface area (Å²) in [5.41, 5.74) is 5.79. The van der Waals surface area contributed by atoms with E-state index in [2.05, 4.69) is 15.1 Å². The van der Waals surface area contributed by atoms with Crippen LogP contribution in [0.3, 0.4) is 0 Å². The predicted molar refractivity (Wildman–Crippen MR) is 77.1 cm³/mol. The smallest absolute Gasteiger partial charge is 0.295 e. The Balaban J connectivity index is 0.000000693. The van der Waals surface area contributed by atoms with E-state index >= 15 is 0 Å². The molecule has 0 radical (unpaired) electrons. The van der Waals surface area contributed by atoms with Crippen molar-refractivity contribution in [2.45, 2.75) is 44.7 Å². The van der Waals surface area contributed by atoms with E-state index in [-0.39, 0.29) is 30.4 Å². The third-order valence-corrected chi connectivity index (χ3v) is 3.73. The van der Waals surface area contributed by atoms with E-state index in [0.717, 1.165) is 12.8 Å². The number of hydrogen-bond acceptors (Lipinski definition) is 7. The Morgan fingerprint density at radius 1 is 1.50 bits per heavy atom. The molecule has 2 aliphatic rings. The molecule has 0 aliphatic carbocycles. The van der Waals surface area contributed by atoms with E-state index in [1.54, 1.807) is 0 Å². The summed E-state index contributed by atoms with van der Waals surface area (Å²) in [6.45, 7) is 3.92. The average molecular weight is 309 g/mol. The summed E-state index contributed by atoms with van der Waals surface area (Å²) in [7, 11) is 0. The average Bonchev–Trinajstić information content (AvgIpc) is 3.10. The number of aromatic amines is 1. The van der Waals surface area contributed by atoms with Gasteiger partial charge in [0.2, 0.25) is 17.4 Å². The van der Waals surface area contributed by atoms with E-state index in [1.807, 2.05) is 13.8 Å². The van der Waals surface area contributed by atoms with E-state index in [1.165, 1.54) is 10.7 Å². The largest absolute Gasteiger partial charge is 0.394 e. The first kappa shape index (κ1) is 14.9. The number of imidazole rings is 1. The number of hydrogen-bond donors (Lipinski definition) is 3. The lowest BCUT2D eigenvalue weighted by molar-refractivity contribution is -0.123. The number of nitrogens with one attached hydrogen (secondary N) is 1. The highest BCUT2D eigenvalue weighted by Crippen LogP contribution is 2.53. The lowest BCUT2D eigenvalue weighted by Gasteiger charge is -2.24. The molecule has 2 saturated heterocycles. The number of nitrogens with zero attached hydrogens (tertiary/aromatic N) is 3. The second kappa shape index (κ2) is 5.34. The molecular weight excluding hydrogens is 290 g/mol. The van der Waals surface area contributed by atoms with Crippen LogP contribution in [0.2, 0.25) is 0 Å². The van der Waals surface area contributed by atoms with E-state index in [4.69, 9.17) is 15.2 Å². The number of epoxide rings is 1. The third kappa shape index (κ3) is 2.09. The minimum absolute atomic E-state index is 0.00938. The Labute approximate surface area is 126 Å². The first-order valence-electron chi connectivity index (χ1n) is 7.34. The van der Waals surface area contributed by atoms with Crippen LogP contribution < -0.4 is 11.3 Å². The fourth-order valence-corrected chi connectivity index (χ4v) is 2.73. The standard InChI is InChI=1S/C11H13N5O4.C2H6/c12-10-14-9(18)8-13-3-6(16(8)15-10)11-7(20-11)2-1-5(4-17)19-11;1-2/h3,5,7,17H,1-2,4H2,(H3,12,14,15,18);1-2H3. The number of ether oxygens (including phenoxy) is 2. The highest BCUT2D eigenvalue weighted by atomic mass is 16.8. The van der Waals surface area contributed by atoms with Gasteiger partial charge in [-0.15, -0.1) is 5.10 Å². The molecule has 0 amide bonds. The number of anilines is 1. The van der Waals surface area contributed by atoms with Crippen LogP contribution in [0.1, 0.15) is 32.4 Å². The van der Waals surface area contributed by atoms with Crippen molar-refractivity contribution in [2.75, 3.05) is 12.3 Å². The summed E-state index contributed by atoms with van der Waals surface area (Å²) in [6.07, 6.45) is 2.61. The number of aromatic nitrogens is 4. The number of H-pyrrole nitrogens is 1. The SMILES string of the molecule is CC.Nc1nn2c(C34OC(CO)CCC3O4)cnc2c(=O)[nH]1. The minimum Gasteiger partial charge on any atom is -0.394 e. The van der Waals surface area contributed by atoms with Gasteiger partial charge in [-0.25, -0.2) is 9.50 Å². The molecule has 4 rings (SSSR count). The molecule has 2 fully saturated rings. The minimum atomic E-state index is -0.974. The van der Waals surface area contributed by atoms with Crippen molar-refractivity contribution in [3.63, 3.8) is 0 Å². The van der Waals surface area contributed by atoms with Gasteiger partial charge < -0.3 is 20.3 Å². The van der Waals surface area contributed by atoms with Crippen molar-refractivity contribution in [1.82, 2.24) is 19.6 Å². The second-order valence-corrected chi connectivity index (χ2v) is 4.99. The molecule has 9 heteroatoms. The van der Waals surface area contributed by atoms with Gasteiger partial charge in [-0.1, -0.05) is 13.8 Å². The van der Waals surface area contributed by atoms with Gasteiger partial charge in [-0.2, -0.15) is 0 Å². The van der Waals surface area contributed by atoms with Gasteiger partial charge in [0.05, 0.1) is 18.9 Å². The predicted octanol–water partition coefficient (Wildman–Crippen LogP) is -0.251. The molecule has 0 spiro atoms. The van der Waals surface area contributed by atoms with Crippen molar-refractivity contribution in [3.8, 4) is 0 Å². The summed E-state index contributed by atoms with van der Waals surface area (Å²) >= 11 is 0. The van der Waals surface area contributed by atoms with Crippen LogP contribution in [0.5, 0.6) is 0 Å². The Kier molecular flexibility index (Phi) is 3.63. The van der Waals surface area contributed by atoms with E-state index < -0.39 is 11.3 Å². The maximum Gasteiger partial charge on any atom is 0.295 e. The van der Waals surface area contributed by atoms with Crippen LogP contribution in [0.4, 0.5) is 5.95 Å². The Hall–Kier alpha value is -1.97. The Morgan fingerprint density at radius 2 is 2.27 bits per heavy atom. The Morgan fingerprint density at radius 3 is 3.00 bits per heavy atom. The molecule has 4 heterocycles. The molecule has 3 unspecified atom stereocenters. The molecule has 0 aromatic carbocycles. The van der Waals surface area contributed by atoms with Crippen molar-refractivity contribution < 1.29 is 14.6 Å². The van der Waals surface area contributed by atoms with Crippen LogP contribution >= 0.6 is 0 Å². The van der Waals surface area contributed by atoms with Gasteiger partial charge in [0.1, 0.15) is 11.8 Å². The van der Waals surface area contributed by atoms with E-state index in [9.17, 15) is 9.90 Å². The fraction of sp³-hybridized carbons (Fsp3) is 0.615. The summed E-state index contributed by atoms with van der Waals surface area (Å²) in [4.78, 5) is 18.2. The Bertz CT molecular complexity index is 742. The highest BCUT2D eigenvalue weighted by Gasteiger charge is 2.64. The quantitative estimate of drug-likeness (QED) is 0.652. The molecule has 2 aromatic heterocycles. The van der Waals surface area contributed by atoms with Crippen molar-refractivity contribution >= 4 is 11.6 Å². The fourth-order valence-electron chi connectivity index (χ4n) is 2.73. The second-order valence-electron chi connectivity index (χ2n) is 4.99. The zero-order valence-corrected chi connectivity index (χ0v) is 12.4. The molecule has 2 aliphatic heterocycles. The summed E-state index contributed by atoms with van der Waals surface area (Å²) in [5.74, 6) is -0.983. The maximum absolute atomic E-state index is 11.8. The molecule has 4 N–H and O–H groups in total. The lowest BCUT2D eigenvalue weighted by atomic mass is 10.0. The lowest BCUT2D eigenvalue weighted by Crippen LogP contribution is -2.34. The molecule has 120 valence electrons. The molecular formula is C13H19N5O4. The number of nitrogen functional groups attached to an aromatic ring is 1. The van der Waals surface area contributed by atoms with Crippen LogP contribution in [-0.4, -0.2) is 43.5 Å². The molecule has 22 heavy (non-hydrogen) atoms. The third-order valence-electron chi connectivity index (χ3n) is 3.73. The molecule has 2 aromatic rings. The van der Waals surface area contributed by atoms with Crippen molar-refractivity contribution in [2.24, 2.45) is 0 Å². The molecule has 0 bridgehead atoms. The zero-order valence-electron chi connectivity index (χ0n) is 12.4. The summed E-state index contributed by atoms with van der Waals surface area (Å²) in [5, 5.41) is 13.3. The normalized spacial score (nSPS) is 29.6. The number of fused-ring (bicyclic) bond motifs is 2. The van der Waals surface area contributed by atoms with Gasteiger partial charge in [0.25, 0.3) is 5.56 Å². The first-order chi connectivity index (χ1) is 10.6. The van der Waals surface area contributed by atoms with Gasteiger partial charge >= 0.3 is 0 Å². The maximum atomic E-state index is 11.8. The van der Waals surface area contributed by atoms with Crippen LogP contribution in [0.25, 0.3) is 5.65 Å². The van der Waals surface area contributed by atoms with Crippen LogP contribution in [0, 0.1) is 0 Å². The summed E-state index contributed by atoms with van der Waals surface area (Å²) in [6, 6.07) is 0. The topological polar surface area (TPSA) is 131 Å². The number of rotatable bonds is 2. The van der Waals surface area contributed by atoms with Gasteiger partial charge in [0.15, 0.2) is 0 Å². The van der Waals surface area contributed by atoms with Gasteiger partial charge in [-0.3, -0.25) is 9.78 Å². The summed E-state index contributed by atoms with van der Waals surface area (Å²) < 4.78 is 12.8. The molecule has 0 saturated carbocycles. The van der Waals surface area contributed by atoms with Crippen molar-refractivity contribution in [3.05, 3.63) is 22.2 Å². The highest BCUT2D eigenvalue weighted by molar-refractivity contribution is 5.40. The van der Waals surface area contributed by atoms with Gasteiger partial charge in [0, 0.05) is 0 Å². The monoisotopic (exact) mass is 309 g/mol. The van der Waals surface area contributed by atoms with Gasteiger partial charge in [-0.05, 0) is 12.8 Å². The van der Waals surface area contributed by atoms with Crippen molar-refractivity contribution in [1.29, 1.82) is 0 Å². The number of aliphatic hydroxyl groups is 1. The zero-order chi connectivity index (χ0) is 15.9. The van der Waals surface area contributed by atoms with Crippen LogP contribution in [-0.2, 0) is 15.3 Å².